The van der Waals surface area contributed by atoms with Crippen molar-refractivity contribution in [1.29, 1.82) is 0 Å². The van der Waals surface area contributed by atoms with Gasteiger partial charge in [0.25, 0.3) is 0 Å². The number of hydrogen-bond acceptors (Lipinski definition) is 5. The second-order valence-corrected chi connectivity index (χ2v) is 7.31. The summed E-state index contributed by atoms with van der Waals surface area (Å²) >= 11 is 0. The zero-order valence-electron chi connectivity index (χ0n) is 15.5. The molecule has 3 rings (SSSR count). The average Bonchev–Trinajstić information content (AvgIpc) is 2.68. The molecular weight excluding hydrogens is 338 g/mol. The average molecular weight is 367 g/mol. The smallest absolute Gasteiger partial charge is 0.248 e. The molecule has 0 aliphatic carbocycles. The fourth-order valence-corrected chi connectivity index (χ4v) is 4.19. The number of methoxy groups -OCH3 is 1. The van der Waals surface area contributed by atoms with E-state index in [2.05, 4.69) is 0 Å². The molecule has 1 atom stereocenters. The van der Waals surface area contributed by atoms with E-state index in [0.717, 1.165) is 25.7 Å². The van der Waals surface area contributed by atoms with Gasteiger partial charge in [0.05, 0.1) is 12.5 Å². The lowest BCUT2D eigenvalue weighted by molar-refractivity contribution is -0.148. The number of hydrogen-bond donors (Lipinski definition) is 0. The van der Waals surface area contributed by atoms with Gasteiger partial charge in [-0.1, -0.05) is 0 Å². The van der Waals surface area contributed by atoms with Gasteiger partial charge in [0.2, 0.25) is 17.7 Å². The van der Waals surface area contributed by atoms with Crippen LogP contribution in [0.1, 0.15) is 25.7 Å². The first-order valence-electron chi connectivity index (χ1n) is 9.53. The maximum atomic E-state index is 12.9. The van der Waals surface area contributed by atoms with Crippen LogP contribution in [0.2, 0.25) is 0 Å². The molecule has 0 aromatic rings. The Labute approximate surface area is 154 Å². The zero-order valence-corrected chi connectivity index (χ0v) is 15.5. The SMILES string of the molecule is COCC(=O)N1CCCC(C(=O)N2CCC(N3CCOCC3=O)CC2)C1. The Morgan fingerprint density at radius 2 is 1.88 bits per heavy atom. The van der Waals surface area contributed by atoms with Gasteiger partial charge in [0.15, 0.2) is 0 Å². The van der Waals surface area contributed by atoms with Crippen LogP contribution in [-0.4, -0.2) is 98.1 Å². The molecule has 3 saturated heterocycles. The summed E-state index contributed by atoms with van der Waals surface area (Å²) in [6.45, 7) is 4.03. The highest BCUT2D eigenvalue weighted by Gasteiger charge is 2.35. The van der Waals surface area contributed by atoms with Crippen LogP contribution in [0.25, 0.3) is 0 Å². The molecular formula is C18H29N3O5. The van der Waals surface area contributed by atoms with Gasteiger partial charge in [0, 0.05) is 45.9 Å². The van der Waals surface area contributed by atoms with Crippen molar-refractivity contribution in [1.82, 2.24) is 14.7 Å². The monoisotopic (exact) mass is 367 g/mol. The molecule has 146 valence electrons. The predicted molar refractivity (Wildman–Crippen MR) is 93.3 cm³/mol. The summed E-state index contributed by atoms with van der Waals surface area (Å²) in [7, 11) is 1.51. The minimum absolute atomic E-state index is 0.0467. The van der Waals surface area contributed by atoms with Crippen LogP contribution in [-0.2, 0) is 23.9 Å². The summed E-state index contributed by atoms with van der Waals surface area (Å²) in [5.74, 6) is 0.0351. The van der Waals surface area contributed by atoms with Crippen LogP contribution in [0, 0.1) is 5.92 Å². The Balaban J connectivity index is 1.50. The number of carbonyl (C=O) groups is 3. The van der Waals surface area contributed by atoms with Crippen LogP contribution < -0.4 is 0 Å². The molecule has 3 heterocycles. The highest BCUT2D eigenvalue weighted by molar-refractivity contribution is 5.82. The van der Waals surface area contributed by atoms with Crippen LogP contribution in [0.3, 0.4) is 0 Å². The fourth-order valence-electron chi connectivity index (χ4n) is 4.19. The van der Waals surface area contributed by atoms with E-state index in [1.165, 1.54) is 7.11 Å². The van der Waals surface area contributed by atoms with E-state index in [9.17, 15) is 14.4 Å². The number of nitrogens with zero attached hydrogens (tertiary/aromatic N) is 3. The largest absolute Gasteiger partial charge is 0.375 e. The summed E-state index contributed by atoms with van der Waals surface area (Å²) in [6.07, 6.45) is 3.31. The third-order valence-corrected chi connectivity index (χ3v) is 5.63. The summed E-state index contributed by atoms with van der Waals surface area (Å²) in [6, 6.07) is 0.210. The molecule has 0 bridgehead atoms. The van der Waals surface area contributed by atoms with Crippen LogP contribution in [0.15, 0.2) is 0 Å². The summed E-state index contributed by atoms with van der Waals surface area (Å²) < 4.78 is 10.1. The lowest BCUT2D eigenvalue weighted by Crippen LogP contribution is -2.54. The summed E-state index contributed by atoms with van der Waals surface area (Å²) in [5.41, 5.74) is 0. The van der Waals surface area contributed by atoms with E-state index in [0.29, 0.717) is 39.3 Å². The lowest BCUT2D eigenvalue weighted by Gasteiger charge is -2.41. The molecule has 26 heavy (non-hydrogen) atoms. The second-order valence-electron chi connectivity index (χ2n) is 7.31. The predicted octanol–water partition coefficient (Wildman–Crippen LogP) is -0.279. The fraction of sp³-hybridized carbons (Fsp3) is 0.833. The van der Waals surface area contributed by atoms with Crippen molar-refractivity contribution in [3.63, 3.8) is 0 Å². The Bertz CT molecular complexity index is 533. The first-order valence-corrected chi connectivity index (χ1v) is 9.53. The van der Waals surface area contributed by atoms with Gasteiger partial charge < -0.3 is 24.2 Å². The number of morpholine rings is 1. The van der Waals surface area contributed by atoms with Gasteiger partial charge in [-0.05, 0) is 25.7 Å². The van der Waals surface area contributed by atoms with Gasteiger partial charge in [-0.2, -0.15) is 0 Å². The minimum atomic E-state index is -0.119. The maximum Gasteiger partial charge on any atom is 0.248 e. The minimum Gasteiger partial charge on any atom is -0.375 e. The third kappa shape index (κ3) is 4.35. The molecule has 3 aliphatic heterocycles. The highest BCUT2D eigenvalue weighted by Crippen LogP contribution is 2.23. The van der Waals surface area contributed by atoms with Crippen molar-refractivity contribution in [2.75, 3.05) is 59.7 Å². The molecule has 3 fully saturated rings. The lowest BCUT2D eigenvalue weighted by atomic mass is 9.94. The number of amides is 3. The maximum absolute atomic E-state index is 12.9. The number of carbonyl (C=O) groups excluding carboxylic acids is 3. The van der Waals surface area contributed by atoms with E-state index in [-0.39, 0.29) is 42.9 Å². The number of ether oxygens (including phenoxy) is 2. The van der Waals surface area contributed by atoms with Crippen LogP contribution in [0.5, 0.6) is 0 Å². The number of piperidine rings is 2. The summed E-state index contributed by atoms with van der Waals surface area (Å²) in [5, 5.41) is 0. The molecule has 8 heteroatoms. The molecule has 0 N–H and O–H groups in total. The Hall–Kier alpha value is -1.67. The molecule has 0 aromatic carbocycles. The van der Waals surface area contributed by atoms with E-state index in [1.807, 2.05) is 9.80 Å². The molecule has 3 aliphatic rings. The highest BCUT2D eigenvalue weighted by atomic mass is 16.5. The van der Waals surface area contributed by atoms with Gasteiger partial charge in [-0.3, -0.25) is 14.4 Å². The van der Waals surface area contributed by atoms with Gasteiger partial charge in [-0.15, -0.1) is 0 Å². The zero-order chi connectivity index (χ0) is 18.5. The van der Waals surface area contributed by atoms with Crippen molar-refractivity contribution in [2.45, 2.75) is 31.7 Å². The van der Waals surface area contributed by atoms with Crippen molar-refractivity contribution in [3.05, 3.63) is 0 Å². The van der Waals surface area contributed by atoms with Gasteiger partial charge in [0.1, 0.15) is 13.2 Å². The van der Waals surface area contributed by atoms with Crippen LogP contribution in [0.4, 0.5) is 0 Å². The number of rotatable bonds is 4. The standard InChI is InChI=1S/C18H29N3O5/c1-25-12-16(22)20-6-2-3-14(11-20)18(24)19-7-4-15(5-8-19)21-9-10-26-13-17(21)23/h14-15H,2-13H2,1H3. The normalized spacial score (nSPS) is 25.5. The van der Waals surface area contributed by atoms with E-state index in [1.54, 1.807) is 4.90 Å². The number of likely N-dealkylation sites (tertiary alicyclic amines) is 2. The summed E-state index contributed by atoms with van der Waals surface area (Å²) in [4.78, 5) is 42.5. The Morgan fingerprint density at radius 3 is 2.58 bits per heavy atom. The molecule has 8 nitrogen and oxygen atoms in total. The Morgan fingerprint density at radius 1 is 1.12 bits per heavy atom. The van der Waals surface area contributed by atoms with Crippen molar-refractivity contribution >= 4 is 17.7 Å². The van der Waals surface area contributed by atoms with Gasteiger partial charge in [-0.25, -0.2) is 0 Å². The Kier molecular flexibility index (Phi) is 6.48. The second kappa shape index (κ2) is 8.81. The van der Waals surface area contributed by atoms with E-state index >= 15 is 0 Å². The van der Waals surface area contributed by atoms with E-state index in [4.69, 9.17) is 9.47 Å². The molecule has 3 amide bonds. The molecule has 0 aromatic heterocycles. The van der Waals surface area contributed by atoms with Crippen LogP contribution >= 0.6 is 0 Å². The quantitative estimate of drug-likeness (QED) is 0.683. The topological polar surface area (TPSA) is 79.4 Å². The van der Waals surface area contributed by atoms with E-state index < -0.39 is 0 Å². The first-order chi connectivity index (χ1) is 12.6. The van der Waals surface area contributed by atoms with Crippen molar-refractivity contribution in [2.24, 2.45) is 5.92 Å². The van der Waals surface area contributed by atoms with Gasteiger partial charge >= 0.3 is 0 Å². The molecule has 0 radical (unpaired) electrons. The molecule has 1 unspecified atom stereocenters. The third-order valence-electron chi connectivity index (χ3n) is 5.63. The van der Waals surface area contributed by atoms with Crippen molar-refractivity contribution < 1.29 is 23.9 Å². The molecule has 0 spiro atoms. The first kappa shape index (κ1) is 19.1. The molecule has 0 saturated carbocycles. The van der Waals surface area contributed by atoms with Crippen molar-refractivity contribution in [3.8, 4) is 0 Å².